The highest BCUT2D eigenvalue weighted by Gasteiger charge is 2.21. The maximum absolute atomic E-state index is 12.0. The van der Waals surface area contributed by atoms with Gasteiger partial charge in [-0.05, 0) is 66.2 Å². The van der Waals surface area contributed by atoms with Crippen LogP contribution in [0.15, 0.2) is 47.2 Å². The largest absolute Gasteiger partial charge is 0.348 e. The van der Waals surface area contributed by atoms with Crippen molar-refractivity contribution in [3.63, 3.8) is 0 Å². The summed E-state index contributed by atoms with van der Waals surface area (Å²) < 4.78 is 0. The number of nitrogens with one attached hydrogen (secondary N) is 2. The van der Waals surface area contributed by atoms with Crippen LogP contribution in [0.2, 0.25) is 0 Å². The second-order valence-electron chi connectivity index (χ2n) is 7.05. The predicted octanol–water partition coefficient (Wildman–Crippen LogP) is 2.44. The number of carbonyl (C=O) groups is 2. The Morgan fingerprint density at radius 3 is 2.44 bits per heavy atom. The van der Waals surface area contributed by atoms with Gasteiger partial charge in [0.05, 0.1) is 0 Å². The Bertz CT molecular complexity index is 710. The maximum atomic E-state index is 12.0. The van der Waals surface area contributed by atoms with Crippen LogP contribution in [0.4, 0.5) is 0 Å². The van der Waals surface area contributed by atoms with Gasteiger partial charge >= 0.3 is 11.8 Å². The predicted molar refractivity (Wildman–Crippen MR) is 108 cm³/mol. The van der Waals surface area contributed by atoms with E-state index >= 15 is 0 Å². The maximum Gasteiger partial charge on any atom is 0.309 e. The summed E-state index contributed by atoms with van der Waals surface area (Å²) in [5.74, 6) is -0.616. The van der Waals surface area contributed by atoms with Crippen LogP contribution in [0.25, 0.3) is 0 Å². The molecule has 0 saturated carbocycles. The van der Waals surface area contributed by atoms with Crippen molar-refractivity contribution in [1.29, 1.82) is 0 Å². The molecule has 1 aliphatic rings. The molecule has 2 heterocycles. The van der Waals surface area contributed by atoms with Crippen LogP contribution in [0.1, 0.15) is 24.0 Å². The number of amides is 2. The van der Waals surface area contributed by atoms with Crippen LogP contribution in [-0.2, 0) is 22.6 Å². The number of nitrogens with zero attached hydrogens (tertiary/aromatic N) is 1. The van der Waals surface area contributed by atoms with E-state index in [1.165, 1.54) is 5.56 Å². The van der Waals surface area contributed by atoms with Gasteiger partial charge in [-0.15, -0.1) is 0 Å². The zero-order valence-corrected chi connectivity index (χ0v) is 16.3. The normalized spacial score (nSPS) is 15.4. The molecule has 2 N–H and O–H groups in total. The van der Waals surface area contributed by atoms with Gasteiger partial charge in [0.1, 0.15) is 0 Å². The highest BCUT2D eigenvalue weighted by molar-refractivity contribution is 7.07. The Labute approximate surface area is 164 Å². The van der Waals surface area contributed by atoms with E-state index in [1.54, 1.807) is 11.3 Å². The van der Waals surface area contributed by atoms with Gasteiger partial charge in [0, 0.05) is 19.6 Å². The Morgan fingerprint density at radius 2 is 1.74 bits per heavy atom. The quantitative estimate of drug-likeness (QED) is 0.720. The van der Waals surface area contributed by atoms with E-state index in [0.29, 0.717) is 19.0 Å². The number of benzene rings is 1. The number of carbonyl (C=O) groups excluding carboxylic acids is 2. The van der Waals surface area contributed by atoms with Crippen molar-refractivity contribution in [2.75, 3.05) is 26.2 Å². The molecule has 1 fully saturated rings. The minimum Gasteiger partial charge on any atom is -0.348 e. The number of hydrogen-bond acceptors (Lipinski definition) is 4. The van der Waals surface area contributed by atoms with E-state index in [2.05, 4.69) is 32.4 Å². The van der Waals surface area contributed by atoms with Crippen LogP contribution in [0, 0.1) is 5.92 Å². The van der Waals surface area contributed by atoms with Crippen molar-refractivity contribution in [3.8, 4) is 0 Å². The molecular formula is C21H27N3O2S. The summed E-state index contributed by atoms with van der Waals surface area (Å²) in [5, 5.41) is 9.80. The Morgan fingerprint density at radius 1 is 1.00 bits per heavy atom. The SMILES string of the molecule is O=C(NCCc1ccccc1)C(=O)NCC1CCN(Cc2ccsc2)CC1. The molecule has 0 atom stereocenters. The molecule has 0 spiro atoms. The average molecular weight is 386 g/mol. The summed E-state index contributed by atoms with van der Waals surface area (Å²) in [7, 11) is 0. The van der Waals surface area contributed by atoms with E-state index in [0.717, 1.165) is 44.5 Å². The molecule has 5 nitrogen and oxygen atoms in total. The van der Waals surface area contributed by atoms with E-state index in [1.807, 2.05) is 30.3 Å². The van der Waals surface area contributed by atoms with Gasteiger partial charge in [-0.3, -0.25) is 14.5 Å². The lowest BCUT2D eigenvalue weighted by Crippen LogP contribution is -2.44. The third-order valence-corrected chi connectivity index (χ3v) is 5.73. The monoisotopic (exact) mass is 385 g/mol. The zero-order chi connectivity index (χ0) is 18.9. The molecule has 2 aromatic rings. The number of rotatable bonds is 7. The third kappa shape index (κ3) is 6.48. The van der Waals surface area contributed by atoms with Crippen molar-refractivity contribution < 1.29 is 9.59 Å². The third-order valence-electron chi connectivity index (χ3n) is 4.99. The Kier molecular flexibility index (Phi) is 7.42. The van der Waals surface area contributed by atoms with Crippen LogP contribution < -0.4 is 10.6 Å². The van der Waals surface area contributed by atoms with Crippen molar-refractivity contribution >= 4 is 23.2 Å². The minimum absolute atomic E-state index is 0.449. The lowest BCUT2D eigenvalue weighted by molar-refractivity contribution is -0.139. The molecule has 1 aromatic heterocycles. The molecule has 1 aromatic carbocycles. The highest BCUT2D eigenvalue weighted by Crippen LogP contribution is 2.19. The van der Waals surface area contributed by atoms with Gasteiger partial charge in [-0.2, -0.15) is 11.3 Å². The Balaban J connectivity index is 1.29. The minimum atomic E-state index is -0.541. The van der Waals surface area contributed by atoms with Crippen LogP contribution in [-0.4, -0.2) is 42.9 Å². The summed E-state index contributed by atoms with van der Waals surface area (Å²) >= 11 is 1.73. The first-order valence-corrected chi connectivity index (χ1v) is 10.5. The van der Waals surface area contributed by atoms with Gasteiger partial charge < -0.3 is 10.6 Å². The molecule has 144 valence electrons. The first kappa shape index (κ1) is 19.6. The van der Waals surface area contributed by atoms with Crippen molar-refractivity contribution in [3.05, 3.63) is 58.3 Å². The molecular weight excluding hydrogens is 358 g/mol. The fraction of sp³-hybridized carbons (Fsp3) is 0.429. The Hall–Kier alpha value is -2.18. The molecule has 0 aliphatic carbocycles. The molecule has 1 aliphatic heterocycles. The summed E-state index contributed by atoms with van der Waals surface area (Å²) in [6.45, 7) is 4.14. The number of likely N-dealkylation sites (tertiary alicyclic amines) is 1. The molecule has 27 heavy (non-hydrogen) atoms. The van der Waals surface area contributed by atoms with E-state index in [-0.39, 0.29) is 0 Å². The second-order valence-corrected chi connectivity index (χ2v) is 7.83. The zero-order valence-electron chi connectivity index (χ0n) is 15.5. The molecule has 2 amide bonds. The smallest absolute Gasteiger partial charge is 0.309 e. The van der Waals surface area contributed by atoms with Gasteiger partial charge in [0.15, 0.2) is 0 Å². The molecule has 0 radical (unpaired) electrons. The lowest BCUT2D eigenvalue weighted by atomic mass is 9.96. The number of hydrogen-bond donors (Lipinski definition) is 2. The van der Waals surface area contributed by atoms with Crippen molar-refractivity contribution in [2.24, 2.45) is 5.92 Å². The first-order valence-electron chi connectivity index (χ1n) is 9.54. The number of thiophene rings is 1. The fourth-order valence-electron chi connectivity index (χ4n) is 3.35. The molecule has 3 rings (SSSR count). The highest BCUT2D eigenvalue weighted by atomic mass is 32.1. The van der Waals surface area contributed by atoms with Crippen LogP contribution >= 0.6 is 11.3 Å². The summed E-state index contributed by atoms with van der Waals surface area (Å²) in [6.07, 6.45) is 2.84. The molecule has 0 unspecified atom stereocenters. The van der Waals surface area contributed by atoms with Gasteiger partial charge in [0.2, 0.25) is 0 Å². The van der Waals surface area contributed by atoms with Crippen molar-refractivity contribution in [2.45, 2.75) is 25.8 Å². The summed E-state index contributed by atoms with van der Waals surface area (Å²) in [5.41, 5.74) is 2.52. The fourth-order valence-corrected chi connectivity index (χ4v) is 4.01. The van der Waals surface area contributed by atoms with E-state index in [9.17, 15) is 9.59 Å². The van der Waals surface area contributed by atoms with Gasteiger partial charge in [-0.1, -0.05) is 30.3 Å². The molecule has 0 bridgehead atoms. The van der Waals surface area contributed by atoms with Gasteiger partial charge in [0.25, 0.3) is 0 Å². The topological polar surface area (TPSA) is 61.4 Å². The molecule has 1 saturated heterocycles. The average Bonchev–Trinajstić information content (AvgIpc) is 3.21. The molecule has 6 heteroatoms. The summed E-state index contributed by atoms with van der Waals surface area (Å²) in [4.78, 5) is 26.3. The van der Waals surface area contributed by atoms with Crippen molar-refractivity contribution in [1.82, 2.24) is 15.5 Å². The lowest BCUT2D eigenvalue weighted by Gasteiger charge is -2.31. The van der Waals surface area contributed by atoms with E-state index in [4.69, 9.17) is 0 Å². The van der Waals surface area contributed by atoms with E-state index < -0.39 is 11.8 Å². The second kappa shape index (κ2) is 10.2. The van der Waals surface area contributed by atoms with Crippen LogP contribution in [0.5, 0.6) is 0 Å². The number of piperidine rings is 1. The van der Waals surface area contributed by atoms with Gasteiger partial charge in [-0.25, -0.2) is 0 Å². The summed E-state index contributed by atoms with van der Waals surface area (Å²) in [6, 6.07) is 12.1. The first-order chi connectivity index (χ1) is 13.2. The van der Waals surface area contributed by atoms with Crippen LogP contribution in [0.3, 0.4) is 0 Å². The standard InChI is InChI=1S/C21H27N3O2S/c25-20(22-10-6-17-4-2-1-3-5-17)21(26)23-14-18-7-11-24(12-8-18)15-19-9-13-27-16-19/h1-5,9,13,16,18H,6-8,10-12,14-15H2,(H,22,25)(H,23,26).